The largest absolute Gasteiger partial charge is 0.486 e. The van der Waals surface area contributed by atoms with Gasteiger partial charge in [0.1, 0.15) is 23.1 Å². The fraction of sp³-hybridized carbons (Fsp3) is 0.370. The van der Waals surface area contributed by atoms with Crippen LogP contribution in [0.15, 0.2) is 47.8 Å². The lowest BCUT2D eigenvalue weighted by molar-refractivity contribution is -0.132. The van der Waals surface area contributed by atoms with Crippen molar-refractivity contribution < 1.29 is 14.3 Å². The first-order chi connectivity index (χ1) is 16.4. The van der Waals surface area contributed by atoms with Crippen LogP contribution in [0.25, 0.3) is 0 Å². The average Bonchev–Trinajstić information content (AvgIpc) is 3.30. The molecule has 1 aliphatic heterocycles. The van der Waals surface area contributed by atoms with Crippen molar-refractivity contribution in [2.75, 3.05) is 6.54 Å². The van der Waals surface area contributed by atoms with Gasteiger partial charge in [0.15, 0.2) is 0 Å². The Balaban J connectivity index is 1.58. The second-order valence-corrected chi connectivity index (χ2v) is 9.85. The topological polar surface area (TPSA) is 71.5 Å². The molecule has 0 fully saturated rings. The van der Waals surface area contributed by atoms with Crippen LogP contribution in [-0.4, -0.2) is 34.3 Å². The predicted octanol–water partition coefficient (Wildman–Crippen LogP) is 5.05. The maximum Gasteiger partial charge on any atom is 0.270 e. The number of aromatic nitrogens is 1. The second kappa shape index (κ2) is 10.4. The lowest BCUT2D eigenvalue weighted by Crippen LogP contribution is -2.40. The molecule has 2 aromatic carbocycles. The third-order valence-corrected chi connectivity index (χ3v) is 6.72. The smallest absolute Gasteiger partial charge is 0.270 e. The van der Waals surface area contributed by atoms with E-state index in [1.165, 1.54) is 22.5 Å². The molecule has 0 saturated carbocycles. The van der Waals surface area contributed by atoms with Gasteiger partial charge in [0.05, 0.1) is 6.04 Å². The monoisotopic (exact) mass is 477 g/mol. The van der Waals surface area contributed by atoms with Gasteiger partial charge in [-0.2, -0.15) is 0 Å². The summed E-state index contributed by atoms with van der Waals surface area (Å²) in [6.07, 6.45) is 1.30. The Bertz CT molecular complexity index is 1190. The average molecular weight is 478 g/mol. The predicted molar refractivity (Wildman–Crippen MR) is 134 cm³/mol. The van der Waals surface area contributed by atoms with E-state index in [2.05, 4.69) is 47.6 Å². The van der Waals surface area contributed by atoms with Gasteiger partial charge >= 0.3 is 0 Å². The molecule has 7 heteroatoms. The molecular weight excluding hydrogens is 446 g/mol. The number of thiazole rings is 1. The van der Waals surface area contributed by atoms with Crippen LogP contribution in [0.3, 0.4) is 0 Å². The first-order valence-corrected chi connectivity index (χ1v) is 12.6. The summed E-state index contributed by atoms with van der Waals surface area (Å²) in [5.74, 6) is 0.706. The number of nitrogens with zero attached hydrogens (tertiary/aromatic N) is 2. The van der Waals surface area contributed by atoms with Gasteiger partial charge in [-0.05, 0) is 56.0 Å². The van der Waals surface area contributed by atoms with Crippen LogP contribution in [0.5, 0.6) is 5.75 Å². The molecule has 0 spiro atoms. The number of amides is 2. The summed E-state index contributed by atoms with van der Waals surface area (Å²) in [5, 5.41) is 5.35. The van der Waals surface area contributed by atoms with Gasteiger partial charge in [-0.3, -0.25) is 9.59 Å². The molecule has 0 radical (unpaired) electrons. The quantitative estimate of drug-likeness (QED) is 0.517. The van der Waals surface area contributed by atoms with Gasteiger partial charge in [0.2, 0.25) is 5.91 Å². The number of rotatable bonds is 7. The van der Waals surface area contributed by atoms with Crippen LogP contribution < -0.4 is 10.1 Å². The molecule has 0 unspecified atom stereocenters. The molecule has 0 aliphatic carbocycles. The zero-order valence-electron chi connectivity index (χ0n) is 20.1. The lowest BCUT2D eigenvalue weighted by atomic mass is 9.87. The van der Waals surface area contributed by atoms with Crippen molar-refractivity contribution in [2.45, 2.75) is 59.2 Å². The zero-order valence-corrected chi connectivity index (χ0v) is 20.9. The maximum absolute atomic E-state index is 12.8. The van der Waals surface area contributed by atoms with Gasteiger partial charge in [0.25, 0.3) is 5.91 Å². The van der Waals surface area contributed by atoms with Gasteiger partial charge < -0.3 is 15.0 Å². The van der Waals surface area contributed by atoms with E-state index in [-0.39, 0.29) is 30.5 Å². The van der Waals surface area contributed by atoms with E-state index in [1.54, 1.807) is 5.38 Å². The number of carbonyl (C=O) groups is 2. The third-order valence-electron chi connectivity index (χ3n) is 5.89. The van der Waals surface area contributed by atoms with Crippen molar-refractivity contribution >= 4 is 23.2 Å². The lowest BCUT2D eigenvalue weighted by Gasteiger charge is -2.38. The molecule has 2 amide bonds. The zero-order chi connectivity index (χ0) is 24.2. The van der Waals surface area contributed by atoms with E-state index in [9.17, 15) is 9.59 Å². The highest BCUT2D eigenvalue weighted by molar-refractivity contribution is 7.09. The third kappa shape index (κ3) is 5.30. The summed E-state index contributed by atoms with van der Waals surface area (Å²) in [6.45, 7) is 8.81. The number of hydrogen-bond acceptors (Lipinski definition) is 5. The summed E-state index contributed by atoms with van der Waals surface area (Å²) in [6, 6.07) is 14.4. The van der Waals surface area contributed by atoms with Crippen LogP contribution in [0.1, 0.15) is 71.0 Å². The Morgan fingerprint density at radius 2 is 2.06 bits per heavy atom. The molecule has 34 heavy (non-hydrogen) atoms. The highest BCUT2D eigenvalue weighted by Crippen LogP contribution is 2.38. The Hall–Kier alpha value is -3.19. The molecule has 1 N–H and O–H groups in total. The molecule has 1 aromatic heterocycles. The molecule has 0 saturated heterocycles. The second-order valence-electron chi connectivity index (χ2n) is 8.91. The SMILES string of the molecule is CCC(=O)N1CCc2ccc(OCc3nc(C(=O)NC(C)C)cs3)cc2[C@H]1c1cccc(C)c1. The van der Waals surface area contributed by atoms with Gasteiger partial charge in [-0.1, -0.05) is 42.8 Å². The minimum absolute atomic E-state index is 0.0601. The number of carbonyl (C=O) groups excluding carboxylic acids is 2. The van der Waals surface area contributed by atoms with Crippen molar-refractivity contribution in [3.05, 3.63) is 80.8 Å². The summed E-state index contributed by atoms with van der Waals surface area (Å²) < 4.78 is 6.08. The van der Waals surface area contributed by atoms with E-state index < -0.39 is 0 Å². The number of fused-ring (bicyclic) bond motifs is 1. The van der Waals surface area contributed by atoms with Crippen LogP contribution >= 0.6 is 11.3 Å². The minimum Gasteiger partial charge on any atom is -0.486 e. The highest BCUT2D eigenvalue weighted by atomic mass is 32.1. The van der Waals surface area contributed by atoms with E-state index in [1.807, 2.05) is 37.8 Å². The summed E-state index contributed by atoms with van der Waals surface area (Å²) in [7, 11) is 0. The molecule has 2 heterocycles. The van der Waals surface area contributed by atoms with E-state index in [0.29, 0.717) is 18.7 Å². The number of benzene rings is 2. The number of nitrogens with one attached hydrogen (secondary N) is 1. The van der Waals surface area contributed by atoms with Gasteiger partial charge in [-0.25, -0.2) is 4.98 Å². The standard InChI is InChI=1S/C27H31N3O3S/c1-5-25(31)30-12-11-19-9-10-21(14-22(19)26(30)20-8-6-7-18(4)13-20)33-15-24-29-23(16-34-24)27(32)28-17(2)3/h6-10,13-14,16-17,26H,5,11-12,15H2,1-4H3,(H,28,32)/t26-/m1/s1. The molecule has 3 aromatic rings. The van der Waals surface area contributed by atoms with Crippen LogP contribution in [0, 0.1) is 6.92 Å². The Labute approximate surface area is 205 Å². The molecule has 0 bridgehead atoms. The van der Waals surface area contributed by atoms with E-state index in [4.69, 9.17) is 4.74 Å². The Morgan fingerprint density at radius 1 is 1.24 bits per heavy atom. The van der Waals surface area contributed by atoms with E-state index >= 15 is 0 Å². The fourth-order valence-corrected chi connectivity index (χ4v) is 5.00. The Morgan fingerprint density at radius 3 is 2.79 bits per heavy atom. The maximum atomic E-state index is 12.8. The Kier molecular flexibility index (Phi) is 7.32. The summed E-state index contributed by atoms with van der Waals surface area (Å²) in [4.78, 5) is 31.4. The normalized spacial score (nSPS) is 15.2. The van der Waals surface area contributed by atoms with E-state index in [0.717, 1.165) is 28.3 Å². The first-order valence-electron chi connectivity index (χ1n) is 11.7. The molecule has 6 nitrogen and oxygen atoms in total. The van der Waals surface area contributed by atoms with Crippen molar-refractivity contribution in [2.24, 2.45) is 0 Å². The number of ether oxygens (including phenoxy) is 1. The van der Waals surface area contributed by atoms with Crippen LogP contribution in [0.4, 0.5) is 0 Å². The van der Waals surface area contributed by atoms with Crippen LogP contribution in [0.2, 0.25) is 0 Å². The number of aryl methyl sites for hydroxylation is 1. The molecule has 4 rings (SSSR count). The molecule has 1 atom stereocenters. The molecular formula is C27H31N3O3S. The first kappa shape index (κ1) is 24.0. The minimum atomic E-state index is -0.173. The van der Waals surface area contributed by atoms with Crippen molar-refractivity contribution in [1.29, 1.82) is 0 Å². The molecule has 178 valence electrons. The summed E-state index contributed by atoms with van der Waals surface area (Å²) in [5.41, 5.74) is 5.03. The number of hydrogen-bond donors (Lipinski definition) is 1. The summed E-state index contributed by atoms with van der Waals surface area (Å²) >= 11 is 1.41. The van der Waals surface area contributed by atoms with Crippen LogP contribution in [-0.2, 0) is 17.8 Å². The van der Waals surface area contributed by atoms with Crippen molar-refractivity contribution in [3.8, 4) is 5.75 Å². The van der Waals surface area contributed by atoms with Gasteiger partial charge in [0, 0.05) is 24.4 Å². The van der Waals surface area contributed by atoms with Crippen molar-refractivity contribution in [1.82, 2.24) is 15.2 Å². The van der Waals surface area contributed by atoms with Gasteiger partial charge in [-0.15, -0.1) is 11.3 Å². The highest BCUT2D eigenvalue weighted by Gasteiger charge is 2.31. The molecule has 1 aliphatic rings. The van der Waals surface area contributed by atoms with Crippen molar-refractivity contribution in [3.63, 3.8) is 0 Å². The fourth-order valence-electron chi connectivity index (χ4n) is 4.32.